The summed E-state index contributed by atoms with van der Waals surface area (Å²) in [5, 5.41) is 6.45. The Morgan fingerprint density at radius 2 is 2.28 bits per heavy atom. The van der Waals surface area contributed by atoms with Gasteiger partial charge in [-0.3, -0.25) is 0 Å². The summed E-state index contributed by atoms with van der Waals surface area (Å²) >= 11 is 6.12. The summed E-state index contributed by atoms with van der Waals surface area (Å²) < 4.78 is 11.0. The predicted octanol–water partition coefficient (Wildman–Crippen LogP) is 1.51. The van der Waals surface area contributed by atoms with Gasteiger partial charge in [0.2, 0.25) is 0 Å². The van der Waals surface area contributed by atoms with Gasteiger partial charge in [-0.05, 0) is 24.7 Å². The van der Waals surface area contributed by atoms with Gasteiger partial charge in [0.1, 0.15) is 13.9 Å². The monoisotopic (exact) mass is 263 g/mol. The summed E-state index contributed by atoms with van der Waals surface area (Å²) in [4.78, 5) is 4.23. The molecule has 0 aliphatic carbocycles. The molecule has 5 nitrogen and oxygen atoms in total. The first-order valence-corrected chi connectivity index (χ1v) is 6.06. The fraction of sp³-hybridized carbons (Fsp3) is 0.455. The van der Waals surface area contributed by atoms with Crippen molar-refractivity contribution >= 4 is 30.9 Å². The number of rotatable bonds is 2. The summed E-state index contributed by atoms with van der Waals surface area (Å²) in [6, 6.07) is 3.41. The minimum absolute atomic E-state index is 0.117. The maximum absolute atomic E-state index is 6.12. The summed E-state index contributed by atoms with van der Waals surface area (Å²) in [6.45, 7) is 1.84. The van der Waals surface area contributed by atoms with Crippen molar-refractivity contribution in [3.63, 3.8) is 0 Å². The Hall–Kier alpha value is -1.11. The smallest absolute Gasteiger partial charge is 0.186 e. The number of halogens is 1. The molecule has 2 radical (unpaired) electrons. The number of hydrogen-bond acceptors (Lipinski definition) is 5. The Morgan fingerprint density at radius 1 is 1.50 bits per heavy atom. The second-order valence-corrected chi connectivity index (χ2v) is 4.63. The van der Waals surface area contributed by atoms with E-state index in [4.69, 9.17) is 28.9 Å². The first-order chi connectivity index (χ1) is 8.65. The van der Waals surface area contributed by atoms with Crippen molar-refractivity contribution in [1.82, 2.24) is 4.98 Å². The van der Waals surface area contributed by atoms with E-state index < -0.39 is 0 Å². The second kappa shape index (κ2) is 4.53. The Labute approximate surface area is 111 Å². The van der Waals surface area contributed by atoms with Gasteiger partial charge in [0.25, 0.3) is 0 Å². The largest absolute Gasteiger partial charge is 0.322 e. The molecular weight excluding hydrogens is 252 g/mol. The summed E-state index contributed by atoms with van der Waals surface area (Å²) in [6.07, 6.45) is 1.71. The molecule has 7 heteroatoms. The SMILES string of the molecule is [B]C1=NN(c2ncccc2Cl)C(C2OC(C)O2)C1. The fourth-order valence-corrected chi connectivity index (χ4v) is 2.29. The molecule has 1 atom stereocenters. The van der Waals surface area contributed by atoms with Gasteiger partial charge in [-0.25, -0.2) is 9.99 Å². The van der Waals surface area contributed by atoms with E-state index >= 15 is 0 Å². The van der Waals surface area contributed by atoms with Crippen molar-refractivity contribution in [2.45, 2.75) is 32.0 Å². The number of hydrazone groups is 1. The van der Waals surface area contributed by atoms with E-state index in [9.17, 15) is 0 Å². The van der Waals surface area contributed by atoms with E-state index in [2.05, 4.69) is 10.1 Å². The van der Waals surface area contributed by atoms with Gasteiger partial charge in [-0.15, -0.1) is 0 Å². The molecule has 1 unspecified atom stereocenters. The molecule has 1 fully saturated rings. The highest BCUT2D eigenvalue weighted by Crippen LogP contribution is 2.34. The fourth-order valence-electron chi connectivity index (χ4n) is 2.09. The van der Waals surface area contributed by atoms with Gasteiger partial charge >= 0.3 is 0 Å². The zero-order valence-corrected chi connectivity index (χ0v) is 10.5. The first-order valence-electron chi connectivity index (χ1n) is 5.69. The molecule has 0 saturated carbocycles. The highest BCUT2D eigenvalue weighted by molar-refractivity contribution is 6.60. The molecule has 0 aromatic carbocycles. The maximum Gasteiger partial charge on any atom is 0.186 e. The van der Waals surface area contributed by atoms with Crippen LogP contribution in [0.1, 0.15) is 13.3 Å². The van der Waals surface area contributed by atoms with Crippen LogP contribution in [0.4, 0.5) is 5.82 Å². The first kappa shape index (κ1) is 12.0. The molecule has 3 rings (SSSR count). The van der Waals surface area contributed by atoms with E-state index in [1.807, 2.05) is 6.92 Å². The van der Waals surface area contributed by atoms with Crippen molar-refractivity contribution in [2.75, 3.05) is 5.01 Å². The third kappa shape index (κ3) is 2.00. The summed E-state index contributed by atoms with van der Waals surface area (Å²) in [5.41, 5.74) is 0.522. The topological polar surface area (TPSA) is 47.0 Å². The molecule has 1 aromatic rings. The minimum atomic E-state index is -0.345. The lowest BCUT2D eigenvalue weighted by atomic mass is 9.95. The maximum atomic E-state index is 6.12. The molecule has 0 N–H and O–H groups in total. The normalized spacial score (nSPS) is 31.1. The third-order valence-corrected chi connectivity index (χ3v) is 3.19. The second-order valence-electron chi connectivity index (χ2n) is 4.22. The molecular formula is C11H11BClN3O2. The average molecular weight is 263 g/mol. The number of pyridine rings is 1. The molecule has 0 spiro atoms. The van der Waals surface area contributed by atoms with Crippen LogP contribution in [0.25, 0.3) is 0 Å². The van der Waals surface area contributed by atoms with Crippen LogP contribution in [-0.4, -0.2) is 37.1 Å². The number of anilines is 1. The van der Waals surface area contributed by atoms with Gasteiger partial charge in [-0.2, -0.15) is 5.10 Å². The van der Waals surface area contributed by atoms with Crippen molar-refractivity contribution in [1.29, 1.82) is 0 Å². The highest BCUT2D eigenvalue weighted by atomic mass is 35.5. The molecule has 0 amide bonds. The van der Waals surface area contributed by atoms with E-state index in [0.29, 0.717) is 22.9 Å². The van der Waals surface area contributed by atoms with E-state index in [1.54, 1.807) is 23.3 Å². The molecule has 92 valence electrons. The van der Waals surface area contributed by atoms with E-state index in [1.165, 1.54) is 0 Å². The third-order valence-electron chi connectivity index (χ3n) is 2.89. The highest BCUT2D eigenvalue weighted by Gasteiger charge is 2.42. The Balaban J connectivity index is 1.86. The zero-order valence-electron chi connectivity index (χ0n) is 9.78. The number of nitrogens with zero attached hydrogens (tertiary/aromatic N) is 3. The summed E-state index contributed by atoms with van der Waals surface area (Å²) in [5.74, 6) is 0.566. The lowest BCUT2D eigenvalue weighted by Crippen LogP contribution is -2.51. The standard InChI is InChI=1S/C11H11BClN3O2/c1-6-17-11(18-6)8-5-9(12)15-16(8)10-7(13)3-2-4-14-10/h2-4,6,8,11H,5H2,1H3. The van der Waals surface area contributed by atoms with E-state index in [0.717, 1.165) is 0 Å². The van der Waals surface area contributed by atoms with Crippen molar-refractivity contribution in [3.05, 3.63) is 23.4 Å². The van der Waals surface area contributed by atoms with Crippen LogP contribution in [0.15, 0.2) is 23.4 Å². The van der Waals surface area contributed by atoms with Crippen LogP contribution in [-0.2, 0) is 9.47 Å². The average Bonchev–Trinajstić information content (AvgIpc) is 2.67. The number of hydrogen-bond donors (Lipinski definition) is 0. The minimum Gasteiger partial charge on any atom is -0.322 e. The molecule has 1 aromatic heterocycles. The number of aromatic nitrogens is 1. The Kier molecular flexibility index (Phi) is 3.01. The zero-order chi connectivity index (χ0) is 12.7. The summed E-state index contributed by atoms with van der Waals surface area (Å²) in [7, 11) is 5.78. The van der Waals surface area contributed by atoms with Gasteiger partial charge in [0.15, 0.2) is 18.4 Å². The quantitative estimate of drug-likeness (QED) is 0.759. The predicted molar refractivity (Wildman–Crippen MR) is 68.7 cm³/mol. The molecule has 2 aliphatic heterocycles. The van der Waals surface area contributed by atoms with Crippen molar-refractivity contribution in [2.24, 2.45) is 5.10 Å². The van der Waals surface area contributed by atoms with Crippen LogP contribution in [0.5, 0.6) is 0 Å². The Morgan fingerprint density at radius 3 is 2.94 bits per heavy atom. The molecule has 2 aliphatic rings. The van der Waals surface area contributed by atoms with Crippen LogP contribution in [0, 0.1) is 0 Å². The van der Waals surface area contributed by atoms with E-state index in [-0.39, 0.29) is 18.6 Å². The van der Waals surface area contributed by atoms with Gasteiger partial charge in [0, 0.05) is 12.6 Å². The number of ether oxygens (including phenoxy) is 2. The molecule has 18 heavy (non-hydrogen) atoms. The van der Waals surface area contributed by atoms with Gasteiger partial charge < -0.3 is 9.47 Å². The molecule has 1 saturated heterocycles. The van der Waals surface area contributed by atoms with Crippen LogP contribution < -0.4 is 5.01 Å². The lowest BCUT2D eigenvalue weighted by molar-refractivity contribution is -0.380. The van der Waals surface area contributed by atoms with Gasteiger partial charge in [-0.1, -0.05) is 11.6 Å². The van der Waals surface area contributed by atoms with Crippen molar-refractivity contribution < 1.29 is 9.47 Å². The molecule has 3 heterocycles. The van der Waals surface area contributed by atoms with Gasteiger partial charge in [0.05, 0.1) is 5.02 Å². The van der Waals surface area contributed by atoms with Crippen LogP contribution >= 0.6 is 11.6 Å². The van der Waals surface area contributed by atoms with Crippen molar-refractivity contribution in [3.8, 4) is 0 Å². The lowest BCUT2D eigenvalue weighted by Gasteiger charge is -2.40. The van der Waals surface area contributed by atoms with Crippen LogP contribution in [0.3, 0.4) is 0 Å². The Bertz CT molecular complexity index is 493. The van der Waals surface area contributed by atoms with Crippen LogP contribution in [0.2, 0.25) is 5.02 Å². The molecule has 0 bridgehead atoms.